The summed E-state index contributed by atoms with van der Waals surface area (Å²) in [6, 6.07) is 4.80. The summed E-state index contributed by atoms with van der Waals surface area (Å²) in [5.74, 6) is -0.0449. The first kappa shape index (κ1) is 17.0. The molecule has 0 spiro atoms. The summed E-state index contributed by atoms with van der Waals surface area (Å²) in [6.07, 6.45) is -0.556. The third-order valence-corrected chi connectivity index (χ3v) is 5.18. The molecular weight excluding hydrogens is 330 g/mol. The van der Waals surface area contributed by atoms with Gasteiger partial charge in [-0.3, -0.25) is 4.18 Å². The lowest BCUT2D eigenvalue weighted by molar-refractivity contribution is 0.370. The van der Waals surface area contributed by atoms with Crippen LogP contribution in [0.4, 0.5) is 0 Å². The van der Waals surface area contributed by atoms with Gasteiger partial charge >= 0.3 is 0 Å². The summed E-state index contributed by atoms with van der Waals surface area (Å²) >= 11 is 11.4. The minimum absolute atomic E-state index is 0.0449. The highest BCUT2D eigenvalue weighted by Gasteiger charge is 2.26. The van der Waals surface area contributed by atoms with Gasteiger partial charge in [-0.1, -0.05) is 48.8 Å². The lowest BCUT2D eigenvalue weighted by atomic mass is 10.0. The molecular formula is C11H15Cl2O4PS. The first-order valence-electron chi connectivity index (χ1n) is 5.48. The van der Waals surface area contributed by atoms with Gasteiger partial charge in [-0.05, 0) is 17.5 Å². The standard InChI is InChI=1S/C11H15Cl2O4PS/c1-8(2)9-5-4-6-10(12)11(9)19(15,16)17-7-18(3,13)14/h4-6,8H,7H2,1-3H3. The highest BCUT2D eigenvalue weighted by Crippen LogP contribution is 2.47. The normalized spacial score (nSPS) is 15.5. The van der Waals surface area contributed by atoms with E-state index in [0.717, 1.165) is 0 Å². The molecule has 0 aliphatic carbocycles. The van der Waals surface area contributed by atoms with Crippen LogP contribution in [-0.4, -0.2) is 21.4 Å². The van der Waals surface area contributed by atoms with Crippen molar-refractivity contribution in [3.8, 4) is 0 Å². The zero-order valence-corrected chi connectivity index (χ0v) is 14.0. The van der Waals surface area contributed by atoms with Gasteiger partial charge in [-0.25, -0.2) is 0 Å². The van der Waals surface area contributed by atoms with E-state index in [2.05, 4.69) is 0 Å². The van der Waals surface area contributed by atoms with Gasteiger partial charge in [0.25, 0.3) is 10.1 Å². The molecule has 4 nitrogen and oxygen atoms in total. The van der Waals surface area contributed by atoms with Crippen LogP contribution in [0.3, 0.4) is 0 Å². The molecule has 1 rings (SSSR count). The van der Waals surface area contributed by atoms with Crippen LogP contribution in [0.5, 0.6) is 0 Å². The van der Waals surface area contributed by atoms with Crippen molar-refractivity contribution in [1.29, 1.82) is 0 Å². The summed E-state index contributed by atoms with van der Waals surface area (Å²) in [6.45, 7) is 1.82. The lowest BCUT2D eigenvalue weighted by Gasteiger charge is -2.15. The largest absolute Gasteiger partial charge is 0.304 e. The molecule has 1 aromatic carbocycles. The van der Waals surface area contributed by atoms with Crippen molar-refractivity contribution in [1.82, 2.24) is 0 Å². The SMILES string of the molecule is CC(C)c1cccc(Cl)c1S(=O)(=O)OCP(C)(=O)Cl. The Morgan fingerprint density at radius 1 is 1.37 bits per heavy atom. The van der Waals surface area contributed by atoms with E-state index < -0.39 is 23.0 Å². The Kier molecular flexibility index (Phi) is 5.50. The predicted molar refractivity (Wildman–Crippen MR) is 78.1 cm³/mol. The molecule has 8 heteroatoms. The monoisotopic (exact) mass is 344 g/mol. The van der Waals surface area contributed by atoms with Gasteiger partial charge in [0.2, 0.25) is 0 Å². The van der Waals surface area contributed by atoms with Crippen LogP contribution in [0, 0.1) is 0 Å². The van der Waals surface area contributed by atoms with Gasteiger partial charge in [0.05, 0.1) is 5.02 Å². The van der Waals surface area contributed by atoms with Crippen LogP contribution >= 0.6 is 29.3 Å². The van der Waals surface area contributed by atoms with Gasteiger partial charge in [0, 0.05) is 6.66 Å². The number of benzene rings is 1. The molecule has 0 amide bonds. The fourth-order valence-electron chi connectivity index (χ4n) is 1.47. The van der Waals surface area contributed by atoms with Crippen LogP contribution < -0.4 is 0 Å². The first-order valence-corrected chi connectivity index (χ1v) is 10.5. The van der Waals surface area contributed by atoms with Crippen LogP contribution in [0.1, 0.15) is 25.3 Å². The molecule has 0 saturated carbocycles. The van der Waals surface area contributed by atoms with Gasteiger partial charge in [-0.2, -0.15) is 8.42 Å². The Bertz CT molecular complexity index is 607. The Hall–Kier alpha value is -0.0600. The third kappa shape index (κ3) is 4.76. The molecule has 0 saturated heterocycles. The maximum atomic E-state index is 12.1. The fourth-order valence-corrected chi connectivity index (χ4v) is 4.62. The van der Waals surface area contributed by atoms with Gasteiger partial charge < -0.3 is 4.57 Å². The van der Waals surface area contributed by atoms with Crippen molar-refractivity contribution in [2.75, 3.05) is 13.0 Å². The molecule has 0 N–H and O–H groups in total. The van der Waals surface area contributed by atoms with Crippen molar-refractivity contribution in [2.45, 2.75) is 24.7 Å². The van der Waals surface area contributed by atoms with Crippen LogP contribution in [0.2, 0.25) is 5.02 Å². The third-order valence-electron chi connectivity index (χ3n) is 2.31. The van der Waals surface area contributed by atoms with Crippen molar-refractivity contribution >= 4 is 39.5 Å². The lowest BCUT2D eigenvalue weighted by Crippen LogP contribution is -2.11. The molecule has 1 atom stereocenters. The average molecular weight is 345 g/mol. The highest BCUT2D eigenvalue weighted by molar-refractivity contribution is 7.90. The fraction of sp³-hybridized carbons (Fsp3) is 0.455. The minimum atomic E-state index is -4.09. The Morgan fingerprint density at radius 3 is 2.42 bits per heavy atom. The molecule has 0 fully saturated rings. The van der Waals surface area contributed by atoms with E-state index in [1.165, 1.54) is 12.7 Å². The van der Waals surface area contributed by atoms with E-state index in [1.807, 2.05) is 13.8 Å². The molecule has 0 aliphatic rings. The van der Waals surface area contributed by atoms with E-state index >= 15 is 0 Å². The van der Waals surface area contributed by atoms with E-state index in [9.17, 15) is 13.0 Å². The second-order valence-electron chi connectivity index (χ2n) is 4.50. The summed E-state index contributed by atoms with van der Waals surface area (Å²) in [5.41, 5.74) is 0.549. The second-order valence-corrected chi connectivity index (χ2v) is 10.8. The van der Waals surface area contributed by atoms with Crippen molar-refractivity contribution < 1.29 is 17.2 Å². The predicted octanol–water partition coefficient (Wildman–Crippen LogP) is 4.27. The summed E-state index contributed by atoms with van der Waals surface area (Å²) in [7, 11) is -4.09. The Morgan fingerprint density at radius 2 is 1.95 bits per heavy atom. The maximum absolute atomic E-state index is 12.1. The molecule has 0 aliphatic heterocycles. The van der Waals surface area contributed by atoms with Crippen LogP contribution in [-0.2, 0) is 18.9 Å². The van der Waals surface area contributed by atoms with Crippen LogP contribution in [0.15, 0.2) is 23.1 Å². The Labute approximate surface area is 123 Å². The van der Waals surface area contributed by atoms with Gasteiger partial charge in [-0.15, -0.1) is 0 Å². The molecule has 108 valence electrons. The van der Waals surface area contributed by atoms with Gasteiger partial charge in [0.1, 0.15) is 11.2 Å². The zero-order chi connectivity index (χ0) is 14.8. The summed E-state index contributed by atoms with van der Waals surface area (Å²) in [4.78, 5) is -0.0863. The molecule has 0 aromatic heterocycles. The van der Waals surface area contributed by atoms with E-state index in [0.29, 0.717) is 5.56 Å². The van der Waals surface area contributed by atoms with E-state index in [4.69, 9.17) is 27.0 Å². The molecule has 19 heavy (non-hydrogen) atoms. The quantitative estimate of drug-likeness (QED) is 0.591. The minimum Gasteiger partial charge on any atom is -0.304 e. The Balaban J connectivity index is 3.25. The van der Waals surface area contributed by atoms with Gasteiger partial charge in [0.15, 0.2) is 6.49 Å². The highest BCUT2D eigenvalue weighted by atomic mass is 35.7. The number of rotatable bonds is 5. The molecule has 1 unspecified atom stereocenters. The smallest absolute Gasteiger partial charge is 0.299 e. The number of hydrogen-bond acceptors (Lipinski definition) is 4. The second kappa shape index (κ2) is 6.15. The number of halogens is 2. The average Bonchev–Trinajstić information content (AvgIpc) is 2.25. The van der Waals surface area contributed by atoms with Crippen molar-refractivity contribution in [3.63, 3.8) is 0 Å². The first-order chi connectivity index (χ1) is 8.54. The summed E-state index contributed by atoms with van der Waals surface area (Å²) in [5, 5.41) is 0.0757. The van der Waals surface area contributed by atoms with Crippen LogP contribution in [0.25, 0.3) is 0 Å². The zero-order valence-electron chi connectivity index (χ0n) is 10.8. The molecule has 0 radical (unpaired) electrons. The van der Waals surface area contributed by atoms with Crippen molar-refractivity contribution in [3.05, 3.63) is 28.8 Å². The molecule has 0 heterocycles. The van der Waals surface area contributed by atoms with E-state index in [1.54, 1.807) is 12.1 Å². The van der Waals surface area contributed by atoms with E-state index in [-0.39, 0.29) is 15.8 Å². The summed E-state index contributed by atoms with van der Waals surface area (Å²) < 4.78 is 40.4. The molecule has 0 bridgehead atoms. The number of hydrogen-bond donors (Lipinski definition) is 0. The molecule has 1 aromatic rings. The van der Waals surface area contributed by atoms with Crippen molar-refractivity contribution in [2.24, 2.45) is 0 Å². The topological polar surface area (TPSA) is 60.4 Å². The maximum Gasteiger partial charge on any atom is 0.299 e.